The topological polar surface area (TPSA) is 35.5 Å². The molecule has 0 radical (unpaired) electrons. The molecule has 0 amide bonds. The first-order valence-corrected chi connectivity index (χ1v) is 7.03. The molecule has 1 aliphatic rings. The van der Waals surface area contributed by atoms with E-state index in [1.54, 1.807) is 20.1 Å². The molecule has 0 heterocycles. The van der Waals surface area contributed by atoms with E-state index in [9.17, 15) is 4.79 Å². The number of hydrogen-bond acceptors (Lipinski definition) is 3. The summed E-state index contributed by atoms with van der Waals surface area (Å²) >= 11 is 0. The Hall–Kier alpha value is -1.51. The molecule has 0 atom stereocenters. The van der Waals surface area contributed by atoms with Crippen LogP contribution >= 0.6 is 0 Å². The maximum atomic E-state index is 11.7. The lowest BCUT2D eigenvalue weighted by molar-refractivity contribution is 0.100. The van der Waals surface area contributed by atoms with Gasteiger partial charge in [0.25, 0.3) is 0 Å². The Morgan fingerprint density at radius 1 is 1.21 bits per heavy atom. The lowest BCUT2D eigenvalue weighted by atomic mass is 9.90. The lowest BCUT2D eigenvalue weighted by Gasteiger charge is -2.22. The summed E-state index contributed by atoms with van der Waals surface area (Å²) in [5, 5.41) is 0. The van der Waals surface area contributed by atoms with Crippen LogP contribution in [0.15, 0.2) is 18.2 Å². The van der Waals surface area contributed by atoms with E-state index < -0.39 is 0 Å². The van der Waals surface area contributed by atoms with Crippen molar-refractivity contribution in [3.63, 3.8) is 0 Å². The Morgan fingerprint density at radius 2 is 1.89 bits per heavy atom. The Bertz CT molecular complexity index is 434. The second-order valence-electron chi connectivity index (χ2n) is 5.20. The first-order chi connectivity index (χ1) is 9.22. The van der Waals surface area contributed by atoms with Crippen LogP contribution in [-0.2, 0) is 0 Å². The molecule has 0 aliphatic heterocycles. The zero-order chi connectivity index (χ0) is 13.7. The minimum Gasteiger partial charge on any atom is -0.496 e. The van der Waals surface area contributed by atoms with Crippen molar-refractivity contribution in [2.75, 3.05) is 13.7 Å². The maximum absolute atomic E-state index is 11.7. The van der Waals surface area contributed by atoms with Crippen LogP contribution in [0.1, 0.15) is 49.4 Å². The van der Waals surface area contributed by atoms with Gasteiger partial charge in [0.05, 0.1) is 13.7 Å². The standard InChI is InChI=1S/C16H22O3/c1-12(17)16-14(18-2)9-6-10-15(16)19-11-13-7-4-3-5-8-13/h6,9-10,13H,3-5,7-8,11H2,1-2H3. The average molecular weight is 262 g/mol. The van der Waals surface area contributed by atoms with Gasteiger partial charge in [-0.25, -0.2) is 0 Å². The van der Waals surface area contributed by atoms with Gasteiger partial charge in [-0.2, -0.15) is 0 Å². The van der Waals surface area contributed by atoms with E-state index in [4.69, 9.17) is 9.47 Å². The van der Waals surface area contributed by atoms with Crippen LogP contribution in [0.25, 0.3) is 0 Å². The van der Waals surface area contributed by atoms with Gasteiger partial charge < -0.3 is 9.47 Å². The van der Waals surface area contributed by atoms with Gasteiger partial charge in [-0.15, -0.1) is 0 Å². The van der Waals surface area contributed by atoms with Crippen LogP contribution in [0.5, 0.6) is 11.5 Å². The molecule has 1 aromatic rings. The molecule has 0 saturated heterocycles. The van der Waals surface area contributed by atoms with Crippen LogP contribution in [0.4, 0.5) is 0 Å². The summed E-state index contributed by atoms with van der Waals surface area (Å²) < 4.78 is 11.1. The highest BCUT2D eigenvalue weighted by atomic mass is 16.5. The molecule has 2 rings (SSSR count). The molecule has 0 spiro atoms. The van der Waals surface area contributed by atoms with Gasteiger partial charge in [0, 0.05) is 0 Å². The molecular weight excluding hydrogens is 240 g/mol. The molecule has 1 aromatic carbocycles. The number of benzene rings is 1. The maximum Gasteiger partial charge on any atom is 0.167 e. The van der Waals surface area contributed by atoms with Crippen molar-refractivity contribution < 1.29 is 14.3 Å². The van der Waals surface area contributed by atoms with E-state index in [0.29, 0.717) is 29.6 Å². The van der Waals surface area contributed by atoms with E-state index in [0.717, 1.165) is 0 Å². The Morgan fingerprint density at radius 3 is 2.53 bits per heavy atom. The van der Waals surface area contributed by atoms with Crippen LogP contribution in [-0.4, -0.2) is 19.5 Å². The van der Waals surface area contributed by atoms with Gasteiger partial charge in [-0.3, -0.25) is 4.79 Å². The summed E-state index contributed by atoms with van der Waals surface area (Å²) in [4.78, 5) is 11.7. The Kier molecular flexibility index (Phi) is 4.83. The highest BCUT2D eigenvalue weighted by molar-refractivity contribution is 5.99. The van der Waals surface area contributed by atoms with Gasteiger partial charge in [0.15, 0.2) is 5.78 Å². The fourth-order valence-corrected chi connectivity index (χ4v) is 2.71. The molecule has 19 heavy (non-hydrogen) atoms. The van der Waals surface area contributed by atoms with Crippen LogP contribution < -0.4 is 9.47 Å². The third-order valence-corrected chi connectivity index (χ3v) is 3.76. The molecule has 0 aromatic heterocycles. The van der Waals surface area contributed by atoms with Gasteiger partial charge in [0.1, 0.15) is 17.1 Å². The molecule has 104 valence electrons. The molecule has 3 nitrogen and oxygen atoms in total. The van der Waals surface area contributed by atoms with E-state index in [-0.39, 0.29) is 5.78 Å². The number of methoxy groups -OCH3 is 1. The van der Waals surface area contributed by atoms with Crippen LogP contribution in [0.2, 0.25) is 0 Å². The Balaban J connectivity index is 2.08. The number of Topliss-reactive ketones (excluding diaryl/α,β-unsaturated/α-hetero) is 1. The van der Waals surface area contributed by atoms with Gasteiger partial charge in [0.2, 0.25) is 0 Å². The van der Waals surface area contributed by atoms with E-state index in [2.05, 4.69) is 0 Å². The smallest absolute Gasteiger partial charge is 0.167 e. The number of rotatable bonds is 5. The molecule has 1 aliphatic carbocycles. The highest BCUT2D eigenvalue weighted by Crippen LogP contribution is 2.30. The summed E-state index contributed by atoms with van der Waals surface area (Å²) in [7, 11) is 1.58. The Labute approximate surface area is 114 Å². The molecule has 3 heteroatoms. The molecular formula is C16H22O3. The molecule has 1 saturated carbocycles. The van der Waals surface area contributed by atoms with Gasteiger partial charge >= 0.3 is 0 Å². The third kappa shape index (κ3) is 3.49. The second kappa shape index (κ2) is 6.60. The minimum atomic E-state index is -0.0175. The number of hydrogen-bond donors (Lipinski definition) is 0. The summed E-state index contributed by atoms with van der Waals surface area (Å²) in [6.07, 6.45) is 6.41. The van der Waals surface area contributed by atoms with E-state index >= 15 is 0 Å². The molecule has 0 N–H and O–H groups in total. The van der Waals surface area contributed by atoms with Crippen molar-refractivity contribution in [1.82, 2.24) is 0 Å². The fourth-order valence-electron chi connectivity index (χ4n) is 2.71. The number of carbonyl (C=O) groups is 1. The SMILES string of the molecule is COc1cccc(OCC2CCCCC2)c1C(C)=O. The summed E-state index contributed by atoms with van der Waals surface area (Å²) in [6, 6.07) is 5.51. The number of ether oxygens (including phenoxy) is 2. The quantitative estimate of drug-likeness (QED) is 0.756. The summed E-state index contributed by atoms with van der Waals surface area (Å²) in [5.74, 6) is 1.85. The molecule has 1 fully saturated rings. The predicted molar refractivity (Wildman–Crippen MR) is 75.1 cm³/mol. The first-order valence-electron chi connectivity index (χ1n) is 7.03. The average Bonchev–Trinajstić information content (AvgIpc) is 2.45. The fraction of sp³-hybridized carbons (Fsp3) is 0.562. The van der Waals surface area contributed by atoms with Crippen LogP contribution in [0, 0.1) is 5.92 Å². The number of carbonyl (C=O) groups excluding carboxylic acids is 1. The van der Waals surface area contributed by atoms with Gasteiger partial charge in [-0.1, -0.05) is 25.3 Å². The van der Waals surface area contributed by atoms with Crippen molar-refractivity contribution in [2.24, 2.45) is 5.92 Å². The minimum absolute atomic E-state index is 0.0175. The summed E-state index contributed by atoms with van der Waals surface area (Å²) in [5.41, 5.74) is 0.556. The van der Waals surface area contributed by atoms with Crippen LogP contribution in [0.3, 0.4) is 0 Å². The van der Waals surface area contributed by atoms with Crippen molar-refractivity contribution in [1.29, 1.82) is 0 Å². The normalized spacial score (nSPS) is 16.1. The van der Waals surface area contributed by atoms with Crippen molar-refractivity contribution in [2.45, 2.75) is 39.0 Å². The lowest BCUT2D eigenvalue weighted by Crippen LogP contribution is -2.16. The summed E-state index contributed by atoms with van der Waals surface area (Å²) in [6.45, 7) is 2.25. The second-order valence-corrected chi connectivity index (χ2v) is 5.20. The van der Waals surface area contributed by atoms with Crippen molar-refractivity contribution in [3.8, 4) is 11.5 Å². The van der Waals surface area contributed by atoms with Crippen molar-refractivity contribution in [3.05, 3.63) is 23.8 Å². The third-order valence-electron chi connectivity index (χ3n) is 3.76. The predicted octanol–water partition coefficient (Wildman–Crippen LogP) is 3.86. The highest BCUT2D eigenvalue weighted by Gasteiger charge is 2.18. The van der Waals surface area contributed by atoms with E-state index in [1.165, 1.54) is 32.1 Å². The monoisotopic (exact) mass is 262 g/mol. The first kappa shape index (κ1) is 13.9. The van der Waals surface area contributed by atoms with Gasteiger partial charge in [-0.05, 0) is 37.8 Å². The zero-order valence-electron chi connectivity index (χ0n) is 11.8. The molecule has 0 unspecified atom stereocenters. The number of ketones is 1. The largest absolute Gasteiger partial charge is 0.496 e. The zero-order valence-corrected chi connectivity index (χ0v) is 11.8. The van der Waals surface area contributed by atoms with Crippen molar-refractivity contribution >= 4 is 5.78 Å². The van der Waals surface area contributed by atoms with E-state index in [1.807, 2.05) is 12.1 Å². The molecule has 0 bridgehead atoms.